The molecule has 0 spiro atoms. The molecular weight excluding hydrogens is 1200 g/mol. The molecule has 3 aliphatic rings. The number of carbonyl (C=O) groups is 8. The van der Waals surface area contributed by atoms with E-state index >= 15 is 0 Å². The number of methoxy groups -OCH3 is 2. The fraction of sp³-hybridized carbons (Fsp3) is 0.536. The first-order chi connectivity index (χ1) is 43.9. The highest BCUT2D eigenvalue weighted by Crippen LogP contribution is 2.19. The largest absolute Gasteiger partial charge is 0.534 e. The van der Waals surface area contributed by atoms with Gasteiger partial charge in [0.2, 0.25) is 0 Å². The minimum absolute atomic E-state index is 0. The van der Waals surface area contributed by atoms with Gasteiger partial charge in [0.05, 0.1) is 14.2 Å². The number of carbonyl (C=O) groups excluding carboxylic acids is 8. The Balaban J connectivity index is 0.000000325. The van der Waals surface area contributed by atoms with E-state index in [1.165, 1.54) is 5.56 Å². The second-order valence-electron chi connectivity index (χ2n) is 24.3. The predicted octanol–water partition coefficient (Wildman–Crippen LogP) is 12.0. The zero-order chi connectivity index (χ0) is 67.1. The molecule has 4 aromatic carbocycles. The molecule has 0 bridgehead atoms. The Kier molecular flexibility index (Phi) is 32.6. The SMILES string of the molecule is C.CC(C)(C)OC(=O)ON1C(=O)CCC1=O.COc1ccc(COC(=O)N2CCCN(C(=O)OCc3ccc(C)cc3)CCCN(C(=O)OC(C)(C)C)CCC2)cc1.COc1ccc(COC(=O)N2CCCNCCCN(C(=O)OCc3ccc(C)cc3)CCC2)cc1. The van der Waals surface area contributed by atoms with Gasteiger partial charge >= 0.3 is 36.6 Å². The maximum atomic E-state index is 13.1. The van der Waals surface area contributed by atoms with Crippen molar-refractivity contribution in [3.8, 4) is 11.5 Å². The molecule has 0 unspecified atom stereocenters. The summed E-state index contributed by atoms with van der Waals surface area (Å²) in [5.41, 5.74) is 4.57. The lowest BCUT2D eigenvalue weighted by molar-refractivity contribution is -0.180. The number of amides is 7. The highest BCUT2D eigenvalue weighted by atomic mass is 16.8. The summed E-state index contributed by atoms with van der Waals surface area (Å²) in [4.78, 5) is 111. The van der Waals surface area contributed by atoms with Gasteiger partial charge in [0.1, 0.15) is 49.1 Å². The molecule has 4 aromatic rings. The molecule has 3 heterocycles. The number of nitrogens with zero attached hydrogens (tertiary/aromatic N) is 6. The van der Waals surface area contributed by atoms with Crippen LogP contribution in [0, 0.1) is 13.8 Å². The van der Waals surface area contributed by atoms with E-state index in [2.05, 4.69) is 10.2 Å². The molecule has 512 valence electrons. The molecule has 0 radical (unpaired) electrons. The zero-order valence-electron chi connectivity index (χ0n) is 55.3. The second kappa shape index (κ2) is 39.6. The summed E-state index contributed by atoms with van der Waals surface area (Å²) in [5, 5.41) is 3.84. The number of rotatable bonds is 11. The molecule has 24 nitrogen and oxygen atoms in total. The van der Waals surface area contributed by atoms with Gasteiger partial charge in [-0.25, -0.2) is 28.8 Å². The third kappa shape index (κ3) is 29.6. The van der Waals surface area contributed by atoms with Crippen molar-refractivity contribution in [1.82, 2.24) is 34.9 Å². The van der Waals surface area contributed by atoms with Crippen molar-refractivity contribution < 1.29 is 81.1 Å². The van der Waals surface area contributed by atoms with Crippen LogP contribution in [0.25, 0.3) is 0 Å². The lowest BCUT2D eigenvalue weighted by Crippen LogP contribution is -2.43. The number of imide groups is 1. The molecule has 0 aliphatic carbocycles. The molecule has 0 aromatic heterocycles. The first-order valence-electron chi connectivity index (χ1n) is 31.4. The molecule has 24 heteroatoms. The van der Waals surface area contributed by atoms with Crippen molar-refractivity contribution in [3.63, 3.8) is 0 Å². The van der Waals surface area contributed by atoms with Crippen LogP contribution in [0.15, 0.2) is 97.1 Å². The summed E-state index contributed by atoms with van der Waals surface area (Å²) in [6.45, 7) is 21.5. The minimum Gasteiger partial charge on any atom is -0.497 e. The van der Waals surface area contributed by atoms with Crippen LogP contribution in [0.3, 0.4) is 0 Å². The lowest BCUT2D eigenvalue weighted by Gasteiger charge is -2.31. The Morgan fingerprint density at radius 1 is 0.398 bits per heavy atom. The van der Waals surface area contributed by atoms with Gasteiger partial charge < -0.3 is 67.7 Å². The molecule has 1 N–H and O–H groups in total. The van der Waals surface area contributed by atoms with Crippen molar-refractivity contribution in [2.45, 2.75) is 152 Å². The number of ether oxygens (including phenoxy) is 8. The molecule has 3 aliphatic heterocycles. The molecule has 3 saturated heterocycles. The van der Waals surface area contributed by atoms with Gasteiger partial charge in [-0.3, -0.25) is 14.4 Å². The first kappa shape index (κ1) is 76.7. The fourth-order valence-electron chi connectivity index (χ4n) is 9.28. The third-order valence-corrected chi connectivity index (χ3v) is 14.2. The molecule has 7 rings (SSSR count). The van der Waals surface area contributed by atoms with E-state index in [1.807, 2.05) is 132 Å². The van der Waals surface area contributed by atoms with Gasteiger partial charge in [0.15, 0.2) is 0 Å². The standard InChI is InChI=1S/C32H45N3O7.C27H37N3O5.C9H13NO5.CH4/c1-25-9-11-26(12-10-25)23-40-29(36)33-17-6-18-34(30(37)41-24-27-13-15-28(39-5)16-14-27)20-8-22-35(21-7-19-33)31(38)42-32(2,3)4;1-22-6-8-23(9-7-22)20-34-26(31)29-16-3-14-28-15-4-17-30(19-5-18-29)27(32)35-21-24-10-12-25(33-2)13-11-24;1-9(2,3)14-8(13)15-10-6(11)4-5-7(10)12;/h9-16H,6-8,17-24H2,1-5H3;6-13,28H,3-5,14-21H2,1-2H3;4-5H2,1-3H3;1H4. The number of benzene rings is 4. The molecule has 0 saturated carbocycles. The number of hydroxylamine groups is 2. The van der Waals surface area contributed by atoms with Gasteiger partial charge in [0.25, 0.3) is 11.8 Å². The smallest absolute Gasteiger partial charge is 0.497 e. The Hall–Kier alpha value is -8.80. The van der Waals surface area contributed by atoms with Gasteiger partial charge in [0, 0.05) is 78.3 Å². The monoisotopic (exact) mass is 1300 g/mol. The number of hydrogen-bond acceptors (Lipinski definition) is 18. The summed E-state index contributed by atoms with van der Waals surface area (Å²) >= 11 is 0. The Labute approximate surface area is 548 Å². The topological polar surface area (TPSA) is 251 Å². The molecule has 7 amide bonds. The van der Waals surface area contributed by atoms with Gasteiger partial charge in [-0.2, -0.15) is 0 Å². The minimum atomic E-state index is -1.05. The van der Waals surface area contributed by atoms with Crippen LogP contribution in [0.5, 0.6) is 11.5 Å². The second-order valence-corrected chi connectivity index (χ2v) is 24.3. The van der Waals surface area contributed by atoms with Crippen molar-refractivity contribution >= 4 is 48.4 Å². The summed E-state index contributed by atoms with van der Waals surface area (Å²) in [6.07, 6.45) is 1.21. The molecule has 3 fully saturated rings. The normalized spacial score (nSPS) is 15.4. The highest BCUT2D eigenvalue weighted by molar-refractivity contribution is 6.01. The van der Waals surface area contributed by atoms with Crippen LogP contribution in [0.1, 0.15) is 134 Å². The van der Waals surface area contributed by atoms with E-state index in [0.29, 0.717) is 96.2 Å². The summed E-state index contributed by atoms with van der Waals surface area (Å²) < 4.78 is 43.1. The van der Waals surface area contributed by atoms with Gasteiger partial charge in [-0.1, -0.05) is 96.4 Å². The molecule has 93 heavy (non-hydrogen) atoms. The number of aryl methyl sites for hydroxylation is 2. The zero-order valence-corrected chi connectivity index (χ0v) is 55.3. The first-order valence-corrected chi connectivity index (χ1v) is 31.4. The van der Waals surface area contributed by atoms with Crippen LogP contribution >= 0.6 is 0 Å². The van der Waals surface area contributed by atoms with Crippen LogP contribution < -0.4 is 14.8 Å². The lowest BCUT2D eigenvalue weighted by atomic mass is 10.2. The van der Waals surface area contributed by atoms with Gasteiger partial charge in [-0.05, 0) is 154 Å². The van der Waals surface area contributed by atoms with Crippen LogP contribution in [-0.4, -0.2) is 182 Å². The van der Waals surface area contributed by atoms with E-state index in [0.717, 1.165) is 65.2 Å². The van der Waals surface area contributed by atoms with E-state index < -0.39 is 47.5 Å². The maximum Gasteiger partial charge on any atom is 0.534 e. The third-order valence-electron chi connectivity index (χ3n) is 14.2. The van der Waals surface area contributed by atoms with E-state index in [4.69, 9.17) is 37.9 Å². The van der Waals surface area contributed by atoms with E-state index in [1.54, 1.807) is 59.5 Å². The van der Waals surface area contributed by atoms with Crippen LogP contribution in [0.4, 0.5) is 28.8 Å². The predicted molar refractivity (Wildman–Crippen MR) is 349 cm³/mol. The van der Waals surface area contributed by atoms with Crippen LogP contribution in [-0.2, 0) is 69.3 Å². The average molecular weight is 1300 g/mol. The quantitative estimate of drug-likeness (QED) is 0.0832. The van der Waals surface area contributed by atoms with Crippen LogP contribution in [0.2, 0.25) is 0 Å². The fourth-order valence-corrected chi connectivity index (χ4v) is 9.28. The van der Waals surface area contributed by atoms with Crippen molar-refractivity contribution in [1.29, 1.82) is 0 Å². The van der Waals surface area contributed by atoms with E-state index in [9.17, 15) is 38.4 Å². The average Bonchev–Trinajstić information content (AvgIpc) is 2.80. The Morgan fingerprint density at radius 3 is 0.946 bits per heavy atom. The van der Waals surface area contributed by atoms with E-state index in [-0.39, 0.29) is 58.9 Å². The maximum absolute atomic E-state index is 13.1. The Bertz CT molecular complexity index is 2940. The number of hydrogen-bond donors (Lipinski definition) is 1. The highest BCUT2D eigenvalue weighted by Gasteiger charge is 2.34. The van der Waals surface area contributed by atoms with Crippen molar-refractivity contribution in [3.05, 3.63) is 130 Å². The van der Waals surface area contributed by atoms with Crippen molar-refractivity contribution in [2.75, 3.05) is 92.8 Å². The number of nitrogens with one attached hydrogen (secondary N) is 1. The van der Waals surface area contributed by atoms with Gasteiger partial charge in [-0.15, -0.1) is 0 Å². The Morgan fingerprint density at radius 2 is 0.667 bits per heavy atom. The van der Waals surface area contributed by atoms with Crippen molar-refractivity contribution in [2.24, 2.45) is 0 Å². The summed E-state index contributed by atoms with van der Waals surface area (Å²) in [6, 6.07) is 30.6. The summed E-state index contributed by atoms with van der Waals surface area (Å²) in [5.74, 6) is 0.443. The molecule has 0 atom stereocenters. The molecular formula is C69H99N7O17. The summed E-state index contributed by atoms with van der Waals surface area (Å²) in [7, 11) is 3.21.